The van der Waals surface area contributed by atoms with Crippen LogP contribution in [0, 0.1) is 5.82 Å². The van der Waals surface area contributed by atoms with Gasteiger partial charge in [0.05, 0.1) is 24.2 Å². The zero-order valence-electron chi connectivity index (χ0n) is 21.3. The summed E-state index contributed by atoms with van der Waals surface area (Å²) in [5.41, 5.74) is 0.837. The van der Waals surface area contributed by atoms with Crippen molar-refractivity contribution in [1.82, 2.24) is 9.66 Å². The molecule has 1 aromatic heterocycles. The van der Waals surface area contributed by atoms with Gasteiger partial charge in [-0.25, -0.2) is 9.37 Å². The normalized spacial score (nSPS) is 11.6. The highest BCUT2D eigenvalue weighted by molar-refractivity contribution is 9.10. The number of hydrogen-bond acceptors (Lipinski definition) is 6. The van der Waals surface area contributed by atoms with Crippen LogP contribution in [0.5, 0.6) is 11.5 Å². The molecule has 0 saturated carbocycles. The largest absolute Gasteiger partial charge is 0.493 e. The fourth-order valence-corrected chi connectivity index (χ4v) is 4.02. The Balaban J connectivity index is 1.57. The maximum Gasteiger partial charge on any atom is 0.282 e. The minimum Gasteiger partial charge on any atom is -0.493 e. The number of halogens is 2. The molecule has 1 N–H and O–H groups in total. The van der Waals surface area contributed by atoms with E-state index in [1.54, 1.807) is 36.4 Å². The summed E-state index contributed by atoms with van der Waals surface area (Å²) >= 11 is 3.41. The molecule has 0 saturated heterocycles. The van der Waals surface area contributed by atoms with E-state index in [1.807, 2.05) is 26.8 Å². The summed E-state index contributed by atoms with van der Waals surface area (Å²) in [5.74, 6) is 0.324. The summed E-state index contributed by atoms with van der Waals surface area (Å²) in [6.45, 7) is 5.59. The lowest BCUT2D eigenvalue weighted by Gasteiger charge is -2.20. The predicted molar refractivity (Wildman–Crippen MR) is 149 cm³/mol. The van der Waals surface area contributed by atoms with E-state index in [0.29, 0.717) is 39.5 Å². The Morgan fingerprint density at radius 1 is 1.13 bits per heavy atom. The fraction of sp³-hybridized carbons (Fsp3) is 0.214. The van der Waals surface area contributed by atoms with E-state index >= 15 is 0 Å². The van der Waals surface area contributed by atoms with E-state index in [9.17, 15) is 14.0 Å². The lowest BCUT2D eigenvalue weighted by Crippen LogP contribution is -2.29. The Labute approximate surface area is 227 Å². The number of fused-ring (bicyclic) bond motifs is 1. The molecule has 0 atom stereocenters. The summed E-state index contributed by atoms with van der Waals surface area (Å²) in [6.07, 6.45) is 1.53. The third-order valence-electron chi connectivity index (χ3n) is 5.46. The van der Waals surface area contributed by atoms with Crippen molar-refractivity contribution in [3.05, 3.63) is 92.7 Å². The monoisotopic (exact) mass is 580 g/mol. The topological polar surface area (TPSA) is 94.8 Å². The first-order valence-electron chi connectivity index (χ1n) is 11.7. The third kappa shape index (κ3) is 6.25. The Bertz CT molecular complexity index is 1590. The van der Waals surface area contributed by atoms with Crippen molar-refractivity contribution in [3.8, 4) is 11.5 Å². The van der Waals surface area contributed by atoms with E-state index in [-0.39, 0.29) is 12.2 Å². The second-order valence-electron chi connectivity index (χ2n) is 9.47. The van der Waals surface area contributed by atoms with Crippen molar-refractivity contribution in [1.29, 1.82) is 0 Å². The van der Waals surface area contributed by atoms with Gasteiger partial charge in [-0.1, -0.05) is 42.8 Å². The second-order valence-corrected chi connectivity index (χ2v) is 10.4. The van der Waals surface area contributed by atoms with E-state index in [4.69, 9.17) is 14.5 Å². The number of aromatic nitrogens is 2. The number of nitrogens with zero attached hydrogens (tertiary/aromatic N) is 3. The molecule has 4 rings (SSSR count). The number of carbonyl (C=O) groups is 1. The average Bonchev–Trinajstić information content (AvgIpc) is 2.86. The van der Waals surface area contributed by atoms with Crippen LogP contribution in [0.25, 0.3) is 10.9 Å². The molecule has 0 aliphatic heterocycles. The molecule has 0 fully saturated rings. The number of methoxy groups -OCH3 is 1. The molecule has 1 amide bonds. The third-order valence-corrected chi connectivity index (χ3v) is 5.95. The van der Waals surface area contributed by atoms with Crippen molar-refractivity contribution in [2.24, 2.45) is 5.10 Å². The van der Waals surface area contributed by atoms with Gasteiger partial charge in [0.15, 0.2) is 18.1 Å². The summed E-state index contributed by atoms with van der Waals surface area (Å²) in [4.78, 5) is 30.3. The molecule has 3 aromatic carbocycles. The van der Waals surface area contributed by atoms with Crippen LogP contribution in [-0.2, 0) is 10.2 Å². The highest BCUT2D eigenvalue weighted by atomic mass is 79.9. The molecule has 0 aliphatic carbocycles. The Morgan fingerprint density at radius 2 is 1.92 bits per heavy atom. The van der Waals surface area contributed by atoms with Gasteiger partial charge in [-0.2, -0.15) is 9.78 Å². The molecule has 0 radical (unpaired) electrons. The molecule has 8 nitrogen and oxygen atoms in total. The van der Waals surface area contributed by atoms with Crippen LogP contribution < -0.4 is 20.3 Å². The quantitative estimate of drug-likeness (QED) is 0.291. The predicted octanol–water partition coefficient (Wildman–Crippen LogP) is 5.50. The lowest BCUT2D eigenvalue weighted by molar-refractivity contribution is -0.118. The van der Waals surface area contributed by atoms with Gasteiger partial charge in [-0.15, -0.1) is 0 Å². The molecule has 0 bridgehead atoms. The Hall–Kier alpha value is -4.05. The van der Waals surface area contributed by atoms with Crippen molar-refractivity contribution in [2.45, 2.75) is 26.2 Å². The lowest BCUT2D eigenvalue weighted by atomic mass is 9.95. The van der Waals surface area contributed by atoms with Gasteiger partial charge in [0.2, 0.25) is 0 Å². The van der Waals surface area contributed by atoms with Gasteiger partial charge in [0.1, 0.15) is 11.6 Å². The maximum absolute atomic E-state index is 13.3. The minimum absolute atomic E-state index is 0.284. The second kappa shape index (κ2) is 11.1. The van der Waals surface area contributed by atoms with Gasteiger partial charge < -0.3 is 14.8 Å². The van der Waals surface area contributed by atoms with Crippen LogP contribution in [0.3, 0.4) is 0 Å². The first-order valence-corrected chi connectivity index (χ1v) is 12.5. The van der Waals surface area contributed by atoms with Gasteiger partial charge >= 0.3 is 0 Å². The van der Waals surface area contributed by atoms with Crippen LogP contribution in [-0.4, -0.2) is 35.5 Å². The van der Waals surface area contributed by atoms with Crippen LogP contribution >= 0.6 is 15.9 Å². The summed E-state index contributed by atoms with van der Waals surface area (Å²) in [5, 5.41) is 7.48. The first-order chi connectivity index (χ1) is 18.0. The van der Waals surface area contributed by atoms with Crippen molar-refractivity contribution < 1.29 is 18.7 Å². The zero-order chi connectivity index (χ0) is 27.4. The minimum atomic E-state index is -0.452. The number of ether oxygens (including phenoxy) is 2. The Morgan fingerprint density at radius 3 is 2.63 bits per heavy atom. The summed E-state index contributed by atoms with van der Waals surface area (Å²) < 4.78 is 26.4. The van der Waals surface area contributed by atoms with E-state index in [2.05, 4.69) is 26.3 Å². The molecule has 1 heterocycles. The average molecular weight is 581 g/mol. The van der Waals surface area contributed by atoms with E-state index < -0.39 is 17.1 Å². The van der Waals surface area contributed by atoms with E-state index in [0.717, 1.165) is 4.47 Å². The summed E-state index contributed by atoms with van der Waals surface area (Å²) in [7, 11) is 1.48. The SMILES string of the molecule is COc1cc(C=Nn2c(C(C)(C)C)nc3ccc(Br)cc3c2=O)ccc1OCC(=O)Nc1cccc(F)c1. The molecule has 196 valence electrons. The molecule has 0 aliphatic rings. The maximum atomic E-state index is 13.3. The number of hydrogen-bond donors (Lipinski definition) is 1. The Kier molecular flexibility index (Phi) is 7.91. The zero-order valence-corrected chi connectivity index (χ0v) is 22.9. The van der Waals surface area contributed by atoms with Crippen molar-refractivity contribution in [2.75, 3.05) is 19.0 Å². The number of nitrogens with one attached hydrogen (secondary N) is 1. The van der Waals surface area contributed by atoms with Gasteiger partial charge in [0.25, 0.3) is 11.5 Å². The van der Waals surface area contributed by atoms with Crippen LogP contribution in [0.2, 0.25) is 0 Å². The number of amides is 1. The number of carbonyl (C=O) groups excluding carboxylic acids is 1. The van der Waals surface area contributed by atoms with Crippen molar-refractivity contribution >= 4 is 44.6 Å². The molecule has 0 spiro atoms. The fourth-order valence-electron chi connectivity index (χ4n) is 3.66. The number of rotatable bonds is 7. The molecule has 38 heavy (non-hydrogen) atoms. The highest BCUT2D eigenvalue weighted by Crippen LogP contribution is 2.28. The number of benzene rings is 3. The van der Waals surface area contributed by atoms with Gasteiger partial charge in [-0.05, 0) is 60.2 Å². The molecular formula is C28H26BrFN4O4. The van der Waals surface area contributed by atoms with Crippen LogP contribution in [0.4, 0.5) is 10.1 Å². The van der Waals surface area contributed by atoms with Crippen LogP contribution in [0.15, 0.2) is 75.0 Å². The number of anilines is 1. The smallest absolute Gasteiger partial charge is 0.282 e. The first kappa shape index (κ1) is 27.0. The summed E-state index contributed by atoms with van der Waals surface area (Å²) in [6, 6.07) is 16.0. The van der Waals surface area contributed by atoms with Crippen LogP contribution in [0.1, 0.15) is 32.2 Å². The molecule has 4 aromatic rings. The van der Waals surface area contributed by atoms with Gasteiger partial charge in [0, 0.05) is 15.6 Å². The standard InChI is InChI=1S/C28H26BrFN4O4/c1-28(2,3)27-33-22-10-9-18(29)13-21(22)26(36)34(27)31-15-17-8-11-23(24(12-17)37-4)38-16-25(35)32-20-7-5-6-19(30)14-20/h5-15H,16H2,1-4H3,(H,32,35). The van der Waals surface area contributed by atoms with E-state index in [1.165, 1.54) is 36.2 Å². The highest BCUT2D eigenvalue weighted by Gasteiger charge is 2.23. The molecule has 0 unspecified atom stereocenters. The molecular weight excluding hydrogens is 555 g/mol. The molecule has 10 heteroatoms. The van der Waals surface area contributed by atoms with Crippen molar-refractivity contribution in [3.63, 3.8) is 0 Å². The van der Waals surface area contributed by atoms with Gasteiger partial charge in [-0.3, -0.25) is 9.59 Å².